The van der Waals surface area contributed by atoms with Gasteiger partial charge in [-0.25, -0.2) is 4.98 Å². The molecule has 0 atom stereocenters. The number of thiol groups is 1. The highest BCUT2D eigenvalue weighted by Gasteiger charge is 2.11. The van der Waals surface area contributed by atoms with Crippen LogP contribution in [0.2, 0.25) is 0 Å². The summed E-state index contributed by atoms with van der Waals surface area (Å²) >= 11 is 6.06. The predicted molar refractivity (Wildman–Crippen MR) is 89.0 cm³/mol. The number of thiazole rings is 1. The van der Waals surface area contributed by atoms with E-state index < -0.39 is 0 Å². The van der Waals surface area contributed by atoms with Crippen LogP contribution in [0.4, 0.5) is 0 Å². The molecule has 20 heavy (non-hydrogen) atoms. The van der Waals surface area contributed by atoms with E-state index in [1.165, 1.54) is 10.4 Å². The average Bonchev–Trinajstić information content (AvgIpc) is 2.87. The number of rotatable bonds is 6. The fourth-order valence-electron chi connectivity index (χ4n) is 2.13. The Morgan fingerprint density at radius 3 is 2.65 bits per heavy atom. The number of nitrogens with zero attached hydrogens (tertiary/aromatic N) is 1. The van der Waals surface area contributed by atoms with Crippen LogP contribution in [-0.2, 0) is 18.8 Å². The normalized spacial score (nSPS) is 11.1. The first kappa shape index (κ1) is 15.4. The number of ether oxygens (including phenoxy) is 1. The quantitative estimate of drug-likeness (QED) is 0.772. The van der Waals surface area contributed by atoms with Gasteiger partial charge < -0.3 is 4.74 Å². The Balaban J connectivity index is 2.11. The van der Waals surface area contributed by atoms with Crippen LogP contribution < -0.4 is 4.74 Å². The topological polar surface area (TPSA) is 22.1 Å². The molecule has 1 heterocycles. The summed E-state index contributed by atoms with van der Waals surface area (Å²) in [5.41, 5.74) is 2.40. The first-order valence-corrected chi connectivity index (χ1v) is 8.40. The summed E-state index contributed by atoms with van der Waals surface area (Å²) in [7, 11) is 0. The van der Waals surface area contributed by atoms with Crippen LogP contribution in [0.1, 0.15) is 47.8 Å². The summed E-state index contributed by atoms with van der Waals surface area (Å²) in [6.07, 6.45) is 0.953. The second-order valence-corrected chi connectivity index (χ2v) is 6.45. The zero-order valence-electron chi connectivity index (χ0n) is 12.2. The van der Waals surface area contributed by atoms with Crippen molar-refractivity contribution in [1.29, 1.82) is 0 Å². The molecule has 0 aliphatic rings. The molecule has 0 radical (unpaired) electrons. The van der Waals surface area contributed by atoms with Gasteiger partial charge >= 0.3 is 0 Å². The van der Waals surface area contributed by atoms with Gasteiger partial charge in [-0.15, -0.1) is 11.3 Å². The van der Waals surface area contributed by atoms with Crippen LogP contribution in [0.25, 0.3) is 0 Å². The van der Waals surface area contributed by atoms with E-state index in [9.17, 15) is 0 Å². The number of hydrogen-bond donors (Lipinski definition) is 1. The molecule has 0 bridgehead atoms. The molecule has 0 aliphatic carbocycles. The van der Waals surface area contributed by atoms with E-state index in [1.807, 2.05) is 12.1 Å². The molecule has 2 nitrogen and oxygen atoms in total. The third-order valence-corrected chi connectivity index (χ3v) is 4.79. The molecule has 0 spiro atoms. The molecule has 0 fully saturated rings. The van der Waals surface area contributed by atoms with Crippen LogP contribution in [-0.4, -0.2) is 4.98 Å². The molecule has 2 aromatic rings. The minimum Gasteiger partial charge on any atom is -0.486 e. The largest absolute Gasteiger partial charge is 0.486 e. The van der Waals surface area contributed by atoms with Crippen molar-refractivity contribution in [2.75, 3.05) is 0 Å². The maximum absolute atomic E-state index is 5.96. The van der Waals surface area contributed by atoms with Crippen molar-refractivity contribution in [2.45, 2.75) is 45.5 Å². The molecule has 1 aromatic carbocycles. The summed E-state index contributed by atoms with van der Waals surface area (Å²) in [6, 6.07) is 8.22. The van der Waals surface area contributed by atoms with Crippen molar-refractivity contribution >= 4 is 24.0 Å². The van der Waals surface area contributed by atoms with Crippen molar-refractivity contribution in [3.05, 3.63) is 45.4 Å². The number of aryl methyl sites for hydroxylation is 1. The second-order valence-electron chi connectivity index (χ2n) is 4.97. The first-order valence-electron chi connectivity index (χ1n) is 6.95. The monoisotopic (exact) mass is 307 g/mol. The number of para-hydroxylation sites is 1. The molecule has 108 valence electrons. The Kier molecular flexibility index (Phi) is 5.49. The van der Waals surface area contributed by atoms with E-state index in [4.69, 9.17) is 4.74 Å². The van der Waals surface area contributed by atoms with Crippen LogP contribution in [0, 0.1) is 0 Å². The van der Waals surface area contributed by atoms with E-state index in [2.05, 4.69) is 50.5 Å². The maximum atomic E-state index is 5.96. The highest BCUT2D eigenvalue weighted by atomic mass is 32.1. The van der Waals surface area contributed by atoms with Crippen molar-refractivity contribution < 1.29 is 4.74 Å². The Morgan fingerprint density at radius 2 is 2.05 bits per heavy atom. The van der Waals surface area contributed by atoms with E-state index in [-0.39, 0.29) is 0 Å². The van der Waals surface area contributed by atoms with Gasteiger partial charge in [0.15, 0.2) is 0 Å². The van der Waals surface area contributed by atoms with Crippen molar-refractivity contribution in [3.63, 3.8) is 0 Å². The summed E-state index contributed by atoms with van der Waals surface area (Å²) in [4.78, 5) is 5.89. The fourth-order valence-corrected chi connectivity index (χ4v) is 3.43. The van der Waals surface area contributed by atoms with Gasteiger partial charge in [-0.2, -0.15) is 12.6 Å². The maximum Gasteiger partial charge on any atom is 0.140 e. The Morgan fingerprint density at radius 1 is 1.30 bits per heavy atom. The molecule has 1 aromatic heterocycles. The molecule has 0 N–H and O–H groups in total. The van der Waals surface area contributed by atoms with Gasteiger partial charge in [-0.1, -0.05) is 39.0 Å². The van der Waals surface area contributed by atoms with E-state index in [0.29, 0.717) is 12.5 Å². The lowest BCUT2D eigenvalue weighted by Gasteiger charge is -2.12. The lowest BCUT2D eigenvalue weighted by molar-refractivity contribution is 0.301. The average molecular weight is 307 g/mol. The second kappa shape index (κ2) is 7.14. The molecular formula is C16H21NOS2. The number of hydrogen-bond acceptors (Lipinski definition) is 4. The Labute approximate surface area is 130 Å². The van der Waals surface area contributed by atoms with Crippen LogP contribution in [0.15, 0.2) is 24.3 Å². The van der Waals surface area contributed by atoms with Crippen LogP contribution in [0.5, 0.6) is 5.75 Å². The lowest BCUT2D eigenvalue weighted by atomic mass is 10.0. The molecule has 0 amide bonds. The van der Waals surface area contributed by atoms with E-state index >= 15 is 0 Å². The zero-order valence-corrected chi connectivity index (χ0v) is 13.9. The van der Waals surface area contributed by atoms with Gasteiger partial charge in [0.2, 0.25) is 0 Å². The highest BCUT2D eigenvalue weighted by Crippen LogP contribution is 2.28. The Hall–Kier alpha value is -1.00. The van der Waals surface area contributed by atoms with Crippen molar-refractivity contribution in [2.24, 2.45) is 0 Å². The molecule has 0 unspecified atom stereocenters. The van der Waals surface area contributed by atoms with Gasteiger partial charge in [0.05, 0.1) is 5.69 Å². The van der Waals surface area contributed by atoms with Gasteiger partial charge in [-0.3, -0.25) is 0 Å². The summed E-state index contributed by atoms with van der Waals surface area (Å²) < 4.78 is 5.96. The van der Waals surface area contributed by atoms with Crippen LogP contribution in [0.3, 0.4) is 0 Å². The molecule has 4 heteroatoms. The third kappa shape index (κ3) is 3.55. The zero-order chi connectivity index (χ0) is 14.5. The molecule has 2 rings (SSSR count). The summed E-state index contributed by atoms with van der Waals surface area (Å²) in [5.74, 6) is 2.17. The van der Waals surface area contributed by atoms with Crippen molar-refractivity contribution in [3.8, 4) is 5.75 Å². The van der Waals surface area contributed by atoms with E-state index in [1.54, 1.807) is 11.3 Å². The minimum absolute atomic E-state index is 0.460. The molecule has 0 aliphatic heterocycles. The fraction of sp³-hybridized carbons (Fsp3) is 0.438. The molecule has 0 saturated heterocycles. The standard InChI is InChI=1S/C16H21NOS2/c1-4-13-15(10-19)20-16(17-13)9-18-14-8-6-5-7-12(14)11(2)3/h5-8,11,19H,4,9-10H2,1-3H3. The van der Waals surface area contributed by atoms with Gasteiger partial charge in [0.1, 0.15) is 17.4 Å². The number of aromatic nitrogens is 1. The lowest BCUT2D eigenvalue weighted by Crippen LogP contribution is -1.99. The van der Waals surface area contributed by atoms with Gasteiger partial charge in [0.25, 0.3) is 0 Å². The molecule has 0 saturated carbocycles. The number of benzene rings is 1. The van der Waals surface area contributed by atoms with E-state index in [0.717, 1.165) is 28.6 Å². The third-order valence-electron chi connectivity index (χ3n) is 3.19. The molecular weight excluding hydrogens is 286 g/mol. The van der Waals surface area contributed by atoms with Gasteiger partial charge in [0, 0.05) is 10.6 Å². The Bertz CT molecular complexity index is 542. The minimum atomic E-state index is 0.460. The highest BCUT2D eigenvalue weighted by molar-refractivity contribution is 7.79. The van der Waals surface area contributed by atoms with Crippen LogP contribution >= 0.6 is 24.0 Å². The SMILES string of the molecule is CCc1nc(COc2ccccc2C(C)C)sc1CS. The summed E-state index contributed by atoms with van der Waals surface area (Å²) in [5, 5.41) is 1.03. The smallest absolute Gasteiger partial charge is 0.140 e. The first-order chi connectivity index (χ1) is 9.65. The van der Waals surface area contributed by atoms with Crippen molar-refractivity contribution in [1.82, 2.24) is 4.98 Å². The predicted octanol–water partition coefficient (Wildman–Crippen LogP) is 4.84. The summed E-state index contributed by atoms with van der Waals surface area (Å²) in [6.45, 7) is 7.02. The van der Waals surface area contributed by atoms with Gasteiger partial charge in [-0.05, 0) is 24.0 Å².